The minimum atomic E-state index is -0.408. The molecule has 4 atom stereocenters. The number of hydrogen-bond acceptors (Lipinski definition) is 4. The van der Waals surface area contributed by atoms with Gasteiger partial charge in [-0.1, -0.05) is 12.2 Å². The molecule has 0 bridgehead atoms. The second kappa shape index (κ2) is 3.76. The molecular weight excluding hydrogens is 236 g/mol. The van der Waals surface area contributed by atoms with E-state index in [9.17, 15) is 19.2 Å². The van der Waals surface area contributed by atoms with E-state index in [0.29, 0.717) is 6.42 Å². The second-order valence-electron chi connectivity index (χ2n) is 4.99. The van der Waals surface area contributed by atoms with Crippen molar-refractivity contribution in [2.75, 3.05) is 0 Å². The molecule has 2 heterocycles. The van der Waals surface area contributed by atoms with Crippen molar-refractivity contribution in [3.8, 4) is 0 Å². The van der Waals surface area contributed by atoms with Crippen LogP contribution in [0, 0.1) is 23.7 Å². The van der Waals surface area contributed by atoms with Crippen LogP contribution in [0.25, 0.3) is 0 Å². The molecule has 6 nitrogen and oxygen atoms in total. The maximum atomic E-state index is 11.6. The first-order valence-corrected chi connectivity index (χ1v) is 5.93. The van der Waals surface area contributed by atoms with Crippen LogP contribution in [0.3, 0.4) is 0 Å². The molecule has 3 rings (SSSR count). The van der Waals surface area contributed by atoms with Gasteiger partial charge < -0.3 is 0 Å². The molecule has 0 aromatic heterocycles. The molecule has 4 amide bonds. The van der Waals surface area contributed by atoms with Crippen LogP contribution in [0.5, 0.6) is 0 Å². The molecule has 0 radical (unpaired) electrons. The maximum absolute atomic E-state index is 11.6. The highest BCUT2D eigenvalue weighted by Crippen LogP contribution is 2.37. The molecule has 2 N–H and O–H groups in total. The average molecular weight is 248 g/mol. The lowest BCUT2D eigenvalue weighted by molar-refractivity contribution is -0.128. The van der Waals surface area contributed by atoms with Gasteiger partial charge in [0.2, 0.25) is 23.6 Å². The van der Waals surface area contributed by atoms with Gasteiger partial charge in [-0.3, -0.25) is 29.8 Å². The predicted molar refractivity (Wildman–Crippen MR) is 58.6 cm³/mol. The Morgan fingerprint density at radius 2 is 1.61 bits per heavy atom. The van der Waals surface area contributed by atoms with Crippen molar-refractivity contribution < 1.29 is 19.2 Å². The van der Waals surface area contributed by atoms with Gasteiger partial charge in [0.25, 0.3) is 0 Å². The van der Waals surface area contributed by atoms with Gasteiger partial charge in [-0.2, -0.15) is 0 Å². The Balaban J connectivity index is 1.82. The van der Waals surface area contributed by atoms with E-state index < -0.39 is 17.8 Å². The number of carbonyl (C=O) groups is 4. The summed E-state index contributed by atoms with van der Waals surface area (Å²) >= 11 is 0. The fourth-order valence-electron chi connectivity index (χ4n) is 2.97. The van der Waals surface area contributed by atoms with Crippen LogP contribution in [0.1, 0.15) is 12.8 Å². The zero-order valence-corrected chi connectivity index (χ0v) is 9.51. The van der Waals surface area contributed by atoms with E-state index in [1.54, 1.807) is 12.2 Å². The Bertz CT molecular complexity index is 496. The molecule has 0 spiro atoms. The molecule has 0 saturated carbocycles. The van der Waals surface area contributed by atoms with E-state index in [4.69, 9.17) is 0 Å². The fourth-order valence-corrected chi connectivity index (χ4v) is 2.97. The van der Waals surface area contributed by atoms with Gasteiger partial charge in [-0.05, 0) is 12.3 Å². The van der Waals surface area contributed by atoms with Crippen molar-refractivity contribution in [1.82, 2.24) is 10.6 Å². The molecule has 6 heteroatoms. The highest BCUT2D eigenvalue weighted by Gasteiger charge is 2.46. The molecule has 2 aliphatic heterocycles. The van der Waals surface area contributed by atoms with Gasteiger partial charge in [0, 0.05) is 6.42 Å². The third-order valence-corrected chi connectivity index (χ3v) is 3.93. The Kier molecular flexibility index (Phi) is 2.33. The van der Waals surface area contributed by atoms with Crippen LogP contribution in [0.15, 0.2) is 12.2 Å². The predicted octanol–water partition coefficient (Wildman–Crippen LogP) is -0.886. The summed E-state index contributed by atoms with van der Waals surface area (Å²) in [5.41, 5.74) is 0. The minimum Gasteiger partial charge on any atom is -0.296 e. The van der Waals surface area contributed by atoms with E-state index in [1.807, 2.05) is 0 Å². The Hall–Kier alpha value is -1.98. The highest BCUT2D eigenvalue weighted by atomic mass is 16.2. The van der Waals surface area contributed by atoms with Crippen molar-refractivity contribution in [2.45, 2.75) is 12.8 Å². The van der Waals surface area contributed by atoms with Crippen LogP contribution < -0.4 is 10.6 Å². The van der Waals surface area contributed by atoms with Gasteiger partial charge in [-0.15, -0.1) is 0 Å². The number of fused-ring (bicyclic) bond motifs is 1. The average Bonchev–Trinajstić information content (AvgIpc) is 2.80. The number of allylic oxidation sites excluding steroid dienone is 1. The van der Waals surface area contributed by atoms with Gasteiger partial charge in [0.15, 0.2) is 0 Å². The van der Waals surface area contributed by atoms with Gasteiger partial charge in [-0.25, -0.2) is 0 Å². The Morgan fingerprint density at radius 3 is 2.28 bits per heavy atom. The first-order chi connectivity index (χ1) is 8.56. The van der Waals surface area contributed by atoms with E-state index >= 15 is 0 Å². The lowest BCUT2D eigenvalue weighted by atomic mass is 9.75. The third-order valence-electron chi connectivity index (χ3n) is 3.93. The van der Waals surface area contributed by atoms with Crippen molar-refractivity contribution in [3.05, 3.63) is 12.2 Å². The highest BCUT2D eigenvalue weighted by molar-refractivity contribution is 6.06. The molecule has 2 fully saturated rings. The van der Waals surface area contributed by atoms with Crippen LogP contribution in [-0.2, 0) is 19.2 Å². The normalized spacial score (nSPS) is 38.7. The minimum absolute atomic E-state index is 0.144. The topological polar surface area (TPSA) is 92.3 Å². The zero-order chi connectivity index (χ0) is 12.9. The fraction of sp³-hybridized carbons (Fsp3) is 0.500. The summed E-state index contributed by atoms with van der Waals surface area (Å²) in [6.07, 6.45) is 4.10. The van der Waals surface area contributed by atoms with E-state index in [1.165, 1.54) is 0 Å². The summed E-state index contributed by atoms with van der Waals surface area (Å²) < 4.78 is 0. The van der Waals surface area contributed by atoms with Crippen molar-refractivity contribution in [1.29, 1.82) is 0 Å². The maximum Gasteiger partial charge on any atom is 0.234 e. The third kappa shape index (κ3) is 1.56. The second-order valence-corrected chi connectivity index (χ2v) is 4.99. The lowest BCUT2D eigenvalue weighted by Crippen LogP contribution is -2.31. The van der Waals surface area contributed by atoms with Crippen LogP contribution >= 0.6 is 0 Å². The van der Waals surface area contributed by atoms with E-state index in [-0.39, 0.29) is 36.0 Å². The van der Waals surface area contributed by atoms with E-state index in [2.05, 4.69) is 10.6 Å². The molecule has 94 valence electrons. The van der Waals surface area contributed by atoms with E-state index in [0.717, 1.165) is 0 Å². The molecule has 3 aliphatic rings. The number of carbonyl (C=O) groups excluding carboxylic acids is 4. The molecule has 4 unspecified atom stereocenters. The Morgan fingerprint density at radius 1 is 0.889 bits per heavy atom. The lowest BCUT2D eigenvalue weighted by Gasteiger charge is -2.26. The number of amides is 4. The number of nitrogens with one attached hydrogen (secondary N) is 2. The van der Waals surface area contributed by atoms with Crippen LogP contribution in [-0.4, -0.2) is 23.6 Å². The van der Waals surface area contributed by atoms with Gasteiger partial charge in [0.1, 0.15) is 0 Å². The number of imide groups is 2. The quantitative estimate of drug-likeness (QED) is 0.465. The summed E-state index contributed by atoms with van der Waals surface area (Å²) in [7, 11) is 0. The monoisotopic (exact) mass is 248 g/mol. The summed E-state index contributed by atoms with van der Waals surface area (Å²) in [5, 5.41) is 4.56. The Labute approximate surface area is 103 Å². The zero-order valence-electron chi connectivity index (χ0n) is 9.51. The van der Waals surface area contributed by atoms with Crippen LogP contribution in [0.2, 0.25) is 0 Å². The first-order valence-electron chi connectivity index (χ1n) is 5.93. The van der Waals surface area contributed by atoms with Crippen molar-refractivity contribution in [3.63, 3.8) is 0 Å². The molecule has 1 aliphatic carbocycles. The molecule has 0 aromatic rings. The molecule has 0 aromatic carbocycles. The smallest absolute Gasteiger partial charge is 0.234 e. The van der Waals surface area contributed by atoms with Crippen molar-refractivity contribution >= 4 is 23.6 Å². The standard InChI is InChI=1S/C12H12N2O4/c15-9-4-7(11(17)13-9)5-1-2-6-8(3-5)12(18)14-10(6)16/h1-2,5-8H,3-4H2,(H,13,15,17)(H,14,16,18). The molecule has 18 heavy (non-hydrogen) atoms. The van der Waals surface area contributed by atoms with Crippen molar-refractivity contribution in [2.24, 2.45) is 23.7 Å². The largest absolute Gasteiger partial charge is 0.296 e. The SMILES string of the molecule is O=C1CC(C2C=CC3C(=O)NC(=O)C3C2)C(=O)N1. The summed E-state index contributed by atoms with van der Waals surface area (Å²) in [5.74, 6) is -2.45. The first kappa shape index (κ1) is 11.1. The van der Waals surface area contributed by atoms with Gasteiger partial charge in [0.05, 0.1) is 17.8 Å². The van der Waals surface area contributed by atoms with Gasteiger partial charge >= 0.3 is 0 Å². The number of hydrogen-bond donors (Lipinski definition) is 2. The summed E-state index contributed by atoms with van der Waals surface area (Å²) in [4.78, 5) is 45.8. The number of rotatable bonds is 1. The summed E-state index contributed by atoms with van der Waals surface area (Å²) in [6.45, 7) is 0. The molecular formula is C12H12N2O4. The molecule has 2 saturated heterocycles. The van der Waals surface area contributed by atoms with Crippen LogP contribution in [0.4, 0.5) is 0 Å². The summed E-state index contributed by atoms with van der Waals surface area (Å²) in [6, 6.07) is 0.